The molecule has 1 aliphatic heterocycles. The number of piperidine rings is 1. The number of hydrogen-bond acceptors (Lipinski definition) is 5. The van der Waals surface area contributed by atoms with Crippen LogP contribution >= 0.6 is 0 Å². The van der Waals surface area contributed by atoms with Gasteiger partial charge in [-0.15, -0.1) is 0 Å². The summed E-state index contributed by atoms with van der Waals surface area (Å²) in [4.78, 5) is 13.3. The van der Waals surface area contributed by atoms with E-state index in [1.807, 2.05) is 10.8 Å². The summed E-state index contributed by atoms with van der Waals surface area (Å²) in [7, 11) is -4.51. The second kappa shape index (κ2) is 9.47. The minimum Gasteiger partial charge on any atom is -0.468 e. The summed E-state index contributed by atoms with van der Waals surface area (Å²) in [6, 6.07) is 6.16. The standard InChI is InChI=1S/C19H23F2N3O4S/c20-14-6-4-7-15(21)19(14)29(26,27)23-13-18(25)22-12-16(17-8-5-11-28-17)24-9-2-1-3-10-24/h4-8,11,16,23H,1-3,9-10,12-13H2,(H,22,25)/t16-/m1/s1. The molecule has 1 aromatic heterocycles. The fourth-order valence-electron chi connectivity index (χ4n) is 3.37. The molecule has 2 heterocycles. The Morgan fingerprint density at radius 1 is 1.10 bits per heavy atom. The Labute approximate surface area is 168 Å². The highest BCUT2D eigenvalue weighted by molar-refractivity contribution is 7.89. The quantitative estimate of drug-likeness (QED) is 0.674. The maximum Gasteiger partial charge on any atom is 0.246 e. The number of nitrogens with zero attached hydrogens (tertiary/aromatic N) is 1. The highest BCUT2D eigenvalue weighted by atomic mass is 32.2. The van der Waals surface area contributed by atoms with Crippen molar-refractivity contribution in [2.24, 2.45) is 0 Å². The van der Waals surface area contributed by atoms with E-state index >= 15 is 0 Å². The van der Waals surface area contributed by atoms with Crippen LogP contribution in [-0.4, -0.2) is 45.4 Å². The van der Waals surface area contributed by atoms with Crippen molar-refractivity contribution in [3.63, 3.8) is 0 Å². The lowest BCUT2D eigenvalue weighted by Gasteiger charge is -2.33. The molecule has 0 spiro atoms. The maximum absolute atomic E-state index is 13.7. The molecule has 10 heteroatoms. The van der Waals surface area contributed by atoms with E-state index < -0.39 is 39.0 Å². The zero-order valence-corrected chi connectivity index (χ0v) is 16.6. The van der Waals surface area contributed by atoms with Crippen LogP contribution in [0.15, 0.2) is 45.9 Å². The van der Waals surface area contributed by atoms with E-state index in [1.165, 1.54) is 0 Å². The predicted molar refractivity (Wildman–Crippen MR) is 101 cm³/mol. The largest absolute Gasteiger partial charge is 0.468 e. The van der Waals surface area contributed by atoms with Crippen LogP contribution in [0.3, 0.4) is 0 Å². The van der Waals surface area contributed by atoms with Gasteiger partial charge < -0.3 is 9.73 Å². The number of carbonyl (C=O) groups excluding carboxylic acids is 1. The van der Waals surface area contributed by atoms with Gasteiger partial charge in [0.1, 0.15) is 17.4 Å². The van der Waals surface area contributed by atoms with Crippen LogP contribution in [-0.2, 0) is 14.8 Å². The Morgan fingerprint density at radius 3 is 2.41 bits per heavy atom. The van der Waals surface area contributed by atoms with Gasteiger partial charge in [0, 0.05) is 6.54 Å². The van der Waals surface area contributed by atoms with Crippen molar-refractivity contribution in [3.8, 4) is 0 Å². The van der Waals surface area contributed by atoms with Gasteiger partial charge in [-0.05, 0) is 50.2 Å². The van der Waals surface area contributed by atoms with Crippen molar-refractivity contribution in [2.45, 2.75) is 30.2 Å². The van der Waals surface area contributed by atoms with E-state index in [0.29, 0.717) is 5.76 Å². The summed E-state index contributed by atoms with van der Waals surface area (Å²) >= 11 is 0. The van der Waals surface area contributed by atoms with Gasteiger partial charge in [0.25, 0.3) is 0 Å². The number of benzene rings is 1. The van der Waals surface area contributed by atoms with Crippen LogP contribution in [0.1, 0.15) is 31.1 Å². The molecule has 3 rings (SSSR count). The molecule has 158 valence electrons. The van der Waals surface area contributed by atoms with Gasteiger partial charge in [-0.2, -0.15) is 0 Å². The topological polar surface area (TPSA) is 91.6 Å². The summed E-state index contributed by atoms with van der Waals surface area (Å²) in [6.45, 7) is 1.34. The first-order chi connectivity index (χ1) is 13.9. The van der Waals surface area contributed by atoms with Gasteiger partial charge in [-0.25, -0.2) is 21.9 Å². The van der Waals surface area contributed by atoms with Crippen molar-refractivity contribution in [1.82, 2.24) is 14.9 Å². The van der Waals surface area contributed by atoms with Crippen LogP contribution in [0.25, 0.3) is 0 Å². The summed E-state index contributed by atoms with van der Waals surface area (Å²) in [5.74, 6) is -2.35. The van der Waals surface area contributed by atoms with E-state index in [2.05, 4.69) is 10.2 Å². The first-order valence-corrected chi connectivity index (χ1v) is 10.8. The minimum absolute atomic E-state index is 0.171. The fourth-order valence-corrected chi connectivity index (χ4v) is 4.48. The monoisotopic (exact) mass is 427 g/mol. The second-order valence-corrected chi connectivity index (χ2v) is 8.51. The first kappa shape index (κ1) is 21.4. The number of carbonyl (C=O) groups is 1. The molecule has 1 aromatic carbocycles. The number of nitrogens with one attached hydrogen (secondary N) is 2. The van der Waals surface area contributed by atoms with E-state index in [0.717, 1.165) is 50.6 Å². The zero-order valence-electron chi connectivity index (χ0n) is 15.7. The van der Waals surface area contributed by atoms with Crippen molar-refractivity contribution < 1.29 is 26.4 Å². The molecule has 2 aromatic rings. The van der Waals surface area contributed by atoms with Gasteiger partial charge in [0.05, 0.1) is 18.8 Å². The average Bonchev–Trinajstić information content (AvgIpc) is 3.22. The van der Waals surface area contributed by atoms with Gasteiger partial charge in [-0.3, -0.25) is 9.69 Å². The third-order valence-electron chi connectivity index (χ3n) is 4.81. The van der Waals surface area contributed by atoms with Gasteiger partial charge >= 0.3 is 0 Å². The predicted octanol–water partition coefficient (Wildman–Crippen LogP) is 2.18. The highest BCUT2D eigenvalue weighted by Gasteiger charge is 2.26. The molecular weight excluding hydrogens is 404 g/mol. The molecule has 0 radical (unpaired) electrons. The maximum atomic E-state index is 13.7. The molecule has 0 aliphatic carbocycles. The lowest BCUT2D eigenvalue weighted by molar-refractivity contribution is -0.120. The lowest BCUT2D eigenvalue weighted by Crippen LogP contribution is -2.43. The van der Waals surface area contributed by atoms with Gasteiger partial charge in [0.2, 0.25) is 15.9 Å². The number of hydrogen-bond donors (Lipinski definition) is 2. The first-order valence-electron chi connectivity index (χ1n) is 9.36. The van der Waals surface area contributed by atoms with E-state index in [1.54, 1.807) is 12.3 Å². The van der Waals surface area contributed by atoms with E-state index in [4.69, 9.17) is 4.42 Å². The van der Waals surface area contributed by atoms with E-state index in [9.17, 15) is 22.0 Å². The van der Waals surface area contributed by atoms with Crippen molar-refractivity contribution in [2.75, 3.05) is 26.2 Å². The second-order valence-electron chi connectivity index (χ2n) is 6.81. The molecule has 1 aliphatic rings. The van der Waals surface area contributed by atoms with E-state index in [-0.39, 0.29) is 12.6 Å². The Kier molecular flexibility index (Phi) is 6.99. The summed E-state index contributed by atoms with van der Waals surface area (Å²) in [5.41, 5.74) is 0. The Hall–Kier alpha value is -2.30. The molecule has 7 nitrogen and oxygen atoms in total. The van der Waals surface area contributed by atoms with Crippen molar-refractivity contribution in [1.29, 1.82) is 0 Å². The number of amides is 1. The molecule has 0 unspecified atom stereocenters. The van der Waals surface area contributed by atoms with Crippen LogP contribution in [0, 0.1) is 11.6 Å². The molecule has 29 heavy (non-hydrogen) atoms. The fraction of sp³-hybridized carbons (Fsp3) is 0.421. The Balaban J connectivity index is 1.59. The molecule has 1 atom stereocenters. The zero-order chi connectivity index (χ0) is 20.9. The SMILES string of the molecule is O=C(CNS(=O)(=O)c1c(F)cccc1F)NC[C@H](c1ccco1)N1CCCCC1. The summed E-state index contributed by atoms with van der Waals surface area (Å²) in [6.07, 6.45) is 4.83. The molecule has 0 saturated carbocycles. The summed E-state index contributed by atoms with van der Waals surface area (Å²) < 4.78 is 59.2. The van der Waals surface area contributed by atoms with Crippen LogP contribution in [0.4, 0.5) is 8.78 Å². The molecular formula is C19H23F2N3O4S. The van der Waals surface area contributed by atoms with Crippen LogP contribution < -0.4 is 10.0 Å². The third-order valence-corrected chi connectivity index (χ3v) is 6.26. The molecule has 1 saturated heterocycles. The Morgan fingerprint density at radius 2 is 1.79 bits per heavy atom. The number of likely N-dealkylation sites (tertiary alicyclic amines) is 1. The van der Waals surface area contributed by atoms with Gasteiger partial charge in [0.15, 0.2) is 4.90 Å². The molecule has 1 amide bonds. The van der Waals surface area contributed by atoms with Crippen LogP contribution in [0.5, 0.6) is 0 Å². The molecule has 2 N–H and O–H groups in total. The van der Waals surface area contributed by atoms with Crippen molar-refractivity contribution in [3.05, 3.63) is 54.0 Å². The highest BCUT2D eigenvalue weighted by Crippen LogP contribution is 2.24. The number of halogens is 2. The van der Waals surface area contributed by atoms with Crippen LogP contribution in [0.2, 0.25) is 0 Å². The van der Waals surface area contributed by atoms with Gasteiger partial charge in [-0.1, -0.05) is 12.5 Å². The minimum atomic E-state index is -4.51. The molecule has 1 fully saturated rings. The Bertz CT molecular complexity index is 909. The smallest absolute Gasteiger partial charge is 0.246 e. The summed E-state index contributed by atoms with van der Waals surface area (Å²) in [5, 5.41) is 2.67. The van der Waals surface area contributed by atoms with Crippen molar-refractivity contribution >= 4 is 15.9 Å². The lowest BCUT2D eigenvalue weighted by atomic mass is 10.1. The average molecular weight is 427 g/mol. The number of sulfonamides is 1. The normalized spacial score (nSPS) is 16.5. The molecule has 0 bridgehead atoms. The third kappa shape index (κ3) is 5.40. The number of rotatable bonds is 8. The number of furan rings is 1.